The molecule has 4 heteroatoms. The second-order valence-corrected chi connectivity index (χ2v) is 4.37. The second kappa shape index (κ2) is 3.44. The first-order valence-corrected chi connectivity index (χ1v) is 4.50. The number of imide groups is 1. The maximum atomic E-state index is 11.4. The highest BCUT2D eigenvalue weighted by atomic mass is 16.6. The van der Waals surface area contributed by atoms with Crippen molar-refractivity contribution in [2.75, 3.05) is 6.61 Å². The van der Waals surface area contributed by atoms with Gasteiger partial charge in [-0.05, 0) is 11.5 Å². The van der Waals surface area contributed by atoms with Gasteiger partial charge in [0.15, 0.2) is 0 Å². The van der Waals surface area contributed by atoms with E-state index in [-0.39, 0.29) is 18.1 Å². The van der Waals surface area contributed by atoms with Crippen molar-refractivity contribution in [2.45, 2.75) is 26.8 Å². The molecule has 0 aromatic heterocycles. The van der Waals surface area contributed by atoms with Crippen molar-refractivity contribution < 1.29 is 14.3 Å². The van der Waals surface area contributed by atoms with Gasteiger partial charge in [-0.15, -0.1) is 0 Å². The Labute approximate surface area is 83.5 Å². The smallest absolute Gasteiger partial charge is 0.417 e. The third-order valence-corrected chi connectivity index (χ3v) is 2.28. The Balaban J connectivity index is 2.93. The average Bonchev–Trinajstić information content (AvgIpc) is 2.45. The van der Waals surface area contributed by atoms with Crippen molar-refractivity contribution in [3.63, 3.8) is 0 Å². The largest absolute Gasteiger partial charge is 0.447 e. The van der Waals surface area contributed by atoms with Crippen molar-refractivity contribution in [3.05, 3.63) is 12.7 Å². The molecule has 0 N–H and O–H groups in total. The summed E-state index contributed by atoms with van der Waals surface area (Å²) in [5.74, 6) is -0.396. The van der Waals surface area contributed by atoms with Crippen molar-refractivity contribution >= 4 is 12.0 Å². The predicted molar refractivity (Wildman–Crippen MR) is 51.6 cm³/mol. The van der Waals surface area contributed by atoms with Crippen LogP contribution in [0.2, 0.25) is 0 Å². The molecule has 0 aliphatic carbocycles. The van der Waals surface area contributed by atoms with Gasteiger partial charge < -0.3 is 4.74 Å². The molecular formula is C10H15NO3. The zero-order chi connectivity index (χ0) is 10.9. The minimum absolute atomic E-state index is 0.176. The highest BCUT2D eigenvalue weighted by Crippen LogP contribution is 2.29. The lowest BCUT2D eigenvalue weighted by Gasteiger charge is -2.30. The SMILES string of the molecule is C=CC(=O)N1C(=O)OC[C@@H]1C(C)(C)C. The minimum atomic E-state index is -0.574. The Morgan fingerprint density at radius 3 is 2.64 bits per heavy atom. The first-order chi connectivity index (χ1) is 6.38. The molecule has 14 heavy (non-hydrogen) atoms. The number of amides is 2. The maximum absolute atomic E-state index is 11.4. The van der Waals surface area contributed by atoms with Gasteiger partial charge in [0.1, 0.15) is 6.61 Å². The number of cyclic esters (lactones) is 1. The molecule has 1 aliphatic heterocycles. The molecule has 0 aromatic rings. The molecule has 4 nitrogen and oxygen atoms in total. The van der Waals surface area contributed by atoms with E-state index >= 15 is 0 Å². The molecule has 0 saturated carbocycles. The van der Waals surface area contributed by atoms with Gasteiger partial charge in [-0.25, -0.2) is 9.69 Å². The fourth-order valence-electron chi connectivity index (χ4n) is 1.40. The lowest BCUT2D eigenvalue weighted by Crippen LogP contribution is -2.45. The molecule has 0 spiro atoms. The number of hydrogen-bond acceptors (Lipinski definition) is 3. The van der Waals surface area contributed by atoms with Gasteiger partial charge in [0, 0.05) is 0 Å². The lowest BCUT2D eigenvalue weighted by molar-refractivity contribution is -0.125. The summed E-state index contributed by atoms with van der Waals surface area (Å²) in [6.45, 7) is 9.51. The highest BCUT2D eigenvalue weighted by molar-refractivity contribution is 5.99. The molecular weight excluding hydrogens is 182 g/mol. The van der Waals surface area contributed by atoms with Crippen LogP contribution in [0.1, 0.15) is 20.8 Å². The number of rotatable bonds is 1. The molecule has 0 radical (unpaired) electrons. The van der Waals surface area contributed by atoms with Crippen molar-refractivity contribution in [2.24, 2.45) is 5.41 Å². The van der Waals surface area contributed by atoms with Gasteiger partial charge in [-0.1, -0.05) is 27.4 Å². The molecule has 1 fully saturated rings. The third kappa shape index (κ3) is 1.78. The summed E-state index contributed by atoms with van der Waals surface area (Å²) in [4.78, 5) is 23.8. The van der Waals surface area contributed by atoms with Crippen LogP contribution in [0.15, 0.2) is 12.7 Å². The lowest BCUT2D eigenvalue weighted by atomic mass is 9.86. The molecule has 1 heterocycles. The van der Waals surface area contributed by atoms with E-state index in [1.807, 2.05) is 20.8 Å². The van der Waals surface area contributed by atoms with Crippen molar-refractivity contribution in [1.29, 1.82) is 0 Å². The van der Waals surface area contributed by atoms with Crippen LogP contribution in [-0.4, -0.2) is 29.5 Å². The zero-order valence-corrected chi connectivity index (χ0v) is 8.74. The summed E-state index contributed by atoms with van der Waals surface area (Å²) in [5, 5.41) is 0. The Morgan fingerprint density at radius 1 is 1.64 bits per heavy atom. The molecule has 1 rings (SSSR count). The maximum Gasteiger partial charge on any atom is 0.417 e. The fourth-order valence-corrected chi connectivity index (χ4v) is 1.40. The molecule has 78 valence electrons. The van der Waals surface area contributed by atoms with Gasteiger partial charge >= 0.3 is 6.09 Å². The fraction of sp³-hybridized carbons (Fsp3) is 0.600. The van der Waals surface area contributed by atoms with E-state index in [9.17, 15) is 9.59 Å². The van der Waals surface area contributed by atoms with Gasteiger partial charge in [0.05, 0.1) is 6.04 Å². The van der Waals surface area contributed by atoms with Gasteiger partial charge in [-0.2, -0.15) is 0 Å². The summed E-state index contributed by atoms with van der Waals surface area (Å²) < 4.78 is 4.85. The van der Waals surface area contributed by atoms with Gasteiger partial charge in [-0.3, -0.25) is 4.79 Å². The normalized spacial score (nSPS) is 22.1. The van der Waals surface area contributed by atoms with E-state index in [2.05, 4.69) is 6.58 Å². The summed E-state index contributed by atoms with van der Waals surface area (Å²) in [6.07, 6.45) is 0.556. The van der Waals surface area contributed by atoms with Crippen LogP contribution in [0.3, 0.4) is 0 Å². The summed E-state index contributed by atoms with van der Waals surface area (Å²) in [7, 11) is 0. The average molecular weight is 197 g/mol. The second-order valence-electron chi connectivity index (χ2n) is 4.37. The predicted octanol–water partition coefficient (Wildman–Crippen LogP) is 1.57. The number of carbonyl (C=O) groups is 2. The highest BCUT2D eigenvalue weighted by Gasteiger charge is 2.43. The number of carbonyl (C=O) groups excluding carboxylic acids is 2. The van der Waals surface area contributed by atoms with Gasteiger partial charge in [0.2, 0.25) is 0 Å². The molecule has 0 unspecified atom stereocenters. The van der Waals surface area contributed by atoms with Crippen LogP contribution in [0.5, 0.6) is 0 Å². The zero-order valence-electron chi connectivity index (χ0n) is 8.74. The molecule has 2 amide bonds. The van der Waals surface area contributed by atoms with E-state index in [1.165, 1.54) is 0 Å². The molecule has 0 bridgehead atoms. The van der Waals surface area contributed by atoms with Crippen LogP contribution in [0.25, 0.3) is 0 Å². The van der Waals surface area contributed by atoms with Crippen molar-refractivity contribution in [1.82, 2.24) is 4.90 Å². The minimum Gasteiger partial charge on any atom is -0.447 e. The molecule has 1 saturated heterocycles. The van der Waals surface area contributed by atoms with E-state index < -0.39 is 12.0 Å². The van der Waals surface area contributed by atoms with Crippen LogP contribution >= 0.6 is 0 Å². The Morgan fingerprint density at radius 2 is 2.21 bits per heavy atom. The number of nitrogens with zero attached hydrogens (tertiary/aromatic N) is 1. The van der Waals surface area contributed by atoms with Crippen LogP contribution in [0.4, 0.5) is 4.79 Å². The first-order valence-electron chi connectivity index (χ1n) is 4.50. The molecule has 1 aliphatic rings. The molecule has 0 aromatic carbocycles. The number of hydrogen-bond donors (Lipinski definition) is 0. The monoisotopic (exact) mass is 197 g/mol. The topological polar surface area (TPSA) is 46.6 Å². The Kier molecular flexibility index (Phi) is 2.64. The number of ether oxygens (including phenoxy) is 1. The summed E-state index contributed by atoms with van der Waals surface area (Å²) >= 11 is 0. The standard InChI is InChI=1S/C10H15NO3/c1-5-8(12)11-7(10(2,3)4)6-14-9(11)13/h5,7H,1,6H2,2-4H3/t7-/m1/s1. The van der Waals surface area contributed by atoms with Crippen molar-refractivity contribution in [3.8, 4) is 0 Å². The van der Waals surface area contributed by atoms with Crippen LogP contribution in [0, 0.1) is 5.41 Å². The van der Waals surface area contributed by atoms with E-state index in [1.54, 1.807) is 0 Å². The summed E-state index contributed by atoms with van der Waals surface area (Å²) in [6, 6.07) is -0.208. The first kappa shape index (κ1) is 10.8. The van der Waals surface area contributed by atoms with Crippen LogP contribution < -0.4 is 0 Å². The van der Waals surface area contributed by atoms with E-state index in [0.29, 0.717) is 0 Å². The Hall–Kier alpha value is -1.32. The van der Waals surface area contributed by atoms with Gasteiger partial charge in [0.25, 0.3) is 5.91 Å². The molecule has 1 atom stereocenters. The third-order valence-electron chi connectivity index (χ3n) is 2.28. The Bertz CT molecular complexity index is 278. The van der Waals surface area contributed by atoms with E-state index in [4.69, 9.17) is 4.74 Å². The quantitative estimate of drug-likeness (QED) is 0.599. The van der Waals surface area contributed by atoms with Crippen LogP contribution in [-0.2, 0) is 9.53 Å². The summed E-state index contributed by atoms with van der Waals surface area (Å²) in [5.41, 5.74) is -0.176. The van der Waals surface area contributed by atoms with E-state index in [0.717, 1.165) is 11.0 Å².